The van der Waals surface area contributed by atoms with E-state index in [9.17, 15) is 0 Å². The van der Waals surface area contributed by atoms with Crippen LogP contribution in [0.3, 0.4) is 0 Å². The van der Waals surface area contributed by atoms with E-state index in [0.29, 0.717) is 0 Å². The number of benzene rings is 2. The Bertz CT molecular complexity index is 711. The molecule has 2 unspecified atom stereocenters. The van der Waals surface area contributed by atoms with Crippen LogP contribution in [0, 0.1) is 11.8 Å². The zero-order chi connectivity index (χ0) is 18.6. The van der Waals surface area contributed by atoms with Crippen LogP contribution in [0.15, 0.2) is 48.5 Å². The Morgan fingerprint density at radius 2 is 0.926 bits per heavy atom. The molecule has 2 fully saturated rings. The predicted molar refractivity (Wildman–Crippen MR) is 121 cm³/mol. The van der Waals surface area contributed by atoms with Crippen LogP contribution in [0.25, 0.3) is 11.1 Å². The van der Waals surface area contributed by atoms with Gasteiger partial charge in [0.05, 0.1) is 0 Å². The van der Waals surface area contributed by atoms with E-state index >= 15 is 0 Å². The third-order valence-corrected chi connectivity index (χ3v) is 7.37. The first-order valence-electron chi connectivity index (χ1n) is 11.4. The van der Waals surface area contributed by atoms with E-state index in [-0.39, 0.29) is 2.85 Å². The highest BCUT2D eigenvalue weighted by Gasteiger charge is 2.20. The highest BCUT2D eigenvalue weighted by atomic mass is 14.3. The van der Waals surface area contributed by atoms with Crippen LogP contribution in [0.4, 0.5) is 0 Å². The Labute approximate surface area is 169 Å². The molecule has 0 spiro atoms. The van der Waals surface area contributed by atoms with E-state index in [1.807, 2.05) is 0 Å². The molecule has 0 saturated heterocycles. The monoisotopic (exact) mass is 364 g/mol. The van der Waals surface area contributed by atoms with Gasteiger partial charge in [-0.2, -0.15) is 0 Å². The predicted octanol–water partition coefficient (Wildman–Crippen LogP) is 8.82. The van der Waals surface area contributed by atoms with E-state index in [4.69, 9.17) is 0 Å². The van der Waals surface area contributed by atoms with Crippen LogP contribution in [0.5, 0.6) is 0 Å². The minimum atomic E-state index is 0. The quantitative estimate of drug-likeness (QED) is 0.477. The molecule has 2 aromatic rings. The lowest BCUT2D eigenvalue weighted by Crippen LogP contribution is -2.10. The van der Waals surface area contributed by atoms with Crippen molar-refractivity contribution in [3.05, 3.63) is 59.7 Å². The smallest absolute Gasteiger partial charge is 0 e. The summed E-state index contributed by atoms with van der Waals surface area (Å²) >= 11 is 0. The second-order valence-electron chi connectivity index (χ2n) is 9.51. The molecule has 2 saturated carbocycles. The molecule has 27 heavy (non-hydrogen) atoms. The zero-order valence-electron chi connectivity index (χ0n) is 17.3. The average Bonchev–Trinajstić information content (AvgIpc) is 2.93. The van der Waals surface area contributed by atoms with Gasteiger partial charge in [-0.15, -0.1) is 0 Å². The summed E-state index contributed by atoms with van der Waals surface area (Å²) < 4.78 is 0. The van der Waals surface area contributed by atoms with Gasteiger partial charge < -0.3 is 0 Å². The normalized spacial score (nSPS) is 29.3. The van der Waals surface area contributed by atoms with Gasteiger partial charge in [-0.3, -0.25) is 0 Å². The molecule has 2 aliphatic rings. The molecular formula is C27H40. The fraction of sp³-hybridized carbons (Fsp3) is 0.556. The molecule has 0 heterocycles. The Morgan fingerprint density at radius 3 is 1.41 bits per heavy atom. The highest BCUT2D eigenvalue weighted by molar-refractivity contribution is 5.64. The van der Waals surface area contributed by atoms with Crippen molar-refractivity contribution in [1.82, 2.24) is 0 Å². The van der Waals surface area contributed by atoms with Crippen molar-refractivity contribution in [2.45, 2.75) is 83.5 Å². The molecule has 0 aromatic heterocycles. The largest absolute Gasteiger partial charge is 0.0625 e. The molecule has 0 N–H and O–H groups in total. The van der Waals surface area contributed by atoms with Crippen LogP contribution in [0.1, 0.15) is 97.5 Å². The van der Waals surface area contributed by atoms with Crippen molar-refractivity contribution in [2.75, 3.05) is 0 Å². The SMILES string of the molecule is CC1CCCC(c2ccc(-c3ccc(C4CCC(C)CC4)cc3)cc2)CC1.[HH].[HH]. The van der Waals surface area contributed by atoms with Crippen molar-refractivity contribution in [1.29, 1.82) is 0 Å². The number of rotatable bonds is 3. The molecule has 148 valence electrons. The molecule has 0 heteroatoms. The fourth-order valence-electron chi connectivity index (χ4n) is 5.31. The number of hydrogen-bond donors (Lipinski definition) is 0. The minimum absolute atomic E-state index is 0. The lowest BCUT2D eigenvalue weighted by molar-refractivity contribution is 0.348. The maximum Gasteiger partial charge on any atom is 0 e. The summed E-state index contributed by atoms with van der Waals surface area (Å²) in [4.78, 5) is 0. The summed E-state index contributed by atoms with van der Waals surface area (Å²) in [6.45, 7) is 4.82. The molecule has 2 aliphatic carbocycles. The second kappa shape index (κ2) is 8.63. The van der Waals surface area contributed by atoms with Gasteiger partial charge in [-0.1, -0.05) is 94.5 Å². The second-order valence-corrected chi connectivity index (χ2v) is 9.51. The first-order chi connectivity index (χ1) is 13.2. The van der Waals surface area contributed by atoms with E-state index in [2.05, 4.69) is 62.4 Å². The van der Waals surface area contributed by atoms with Gasteiger partial charge in [0.2, 0.25) is 0 Å². The van der Waals surface area contributed by atoms with Crippen molar-refractivity contribution in [3.63, 3.8) is 0 Å². The van der Waals surface area contributed by atoms with Crippen LogP contribution in [0.2, 0.25) is 0 Å². The lowest BCUT2D eigenvalue weighted by Gasteiger charge is -2.26. The maximum absolute atomic E-state index is 2.42. The summed E-state index contributed by atoms with van der Waals surface area (Å²) in [5.41, 5.74) is 5.84. The maximum atomic E-state index is 2.42. The molecular weight excluding hydrogens is 324 g/mol. The van der Waals surface area contributed by atoms with Gasteiger partial charge in [0, 0.05) is 2.85 Å². The van der Waals surface area contributed by atoms with Gasteiger partial charge in [0.25, 0.3) is 0 Å². The Hall–Kier alpha value is -1.56. The third-order valence-electron chi connectivity index (χ3n) is 7.37. The average molecular weight is 365 g/mol. The van der Waals surface area contributed by atoms with E-state index < -0.39 is 0 Å². The summed E-state index contributed by atoms with van der Waals surface area (Å²) in [5.74, 6) is 3.41. The standard InChI is InChI=1S/C27H36.2H2/c1-20-4-3-5-22(9-6-20)24-12-14-26(15-13-24)27-18-16-25(17-19-27)23-10-7-21(2)8-11-23;;/h12-23H,3-11H2,1-2H3;2*1H. The molecule has 4 rings (SSSR count). The molecule has 0 nitrogen and oxygen atoms in total. The van der Waals surface area contributed by atoms with Crippen LogP contribution < -0.4 is 0 Å². The molecule has 2 aromatic carbocycles. The summed E-state index contributed by atoms with van der Waals surface area (Å²) in [6, 6.07) is 18.9. The Kier molecular flexibility index (Phi) is 6.01. The van der Waals surface area contributed by atoms with E-state index in [1.165, 1.54) is 68.9 Å². The molecule has 0 radical (unpaired) electrons. The first kappa shape index (κ1) is 18.8. The van der Waals surface area contributed by atoms with Crippen LogP contribution in [-0.2, 0) is 0 Å². The molecule has 0 aliphatic heterocycles. The van der Waals surface area contributed by atoms with E-state index in [1.54, 1.807) is 11.1 Å². The lowest BCUT2D eigenvalue weighted by atomic mass is 9.79. The molecule has 2 atom stereocenters. The zero-order valence-corrected chi connectivity index (χ0v) is 17.3. The van der Waals surface area contributed by atoms with Gasteiger partial charge in [-0.05, 0) is 71.6 Å². The number of hydrogen-bond acceptors (Lipinski definition) is 0. The van der Waals surface area contributed by atoms with E-state index in [0.717, 1.165) is 23.7 Å². The molecule has 0 amide bonds. The van der Waals surface area contributed by atoms with Gasteiger partial charge in [0.15, 0.2) is 0 Å². The minimum Gasteiger partial charge on any atom is -0.0625 e. The van der Waals surface area contributed by atoms with Gasteiger partial charge >= 0.3 is 0 Å². The van der Waals surface area contributed by atoms with Crippen molar-refractivity contribution in [3.8, 4) is 11.1 Å². The topological polar surface area (TPSA) is 0 Å². The Morgan fingerprint density at radius 1 is 0.519 bits per heavy atom. The Balaban J connectivity index is 0.00000150. The summed E-state index contributed by atoms with van der Waals surface area (Å²) in [7, 11) is 0. The van der Waals surface area contributed by atoms with Gasteiger partial charge in [0.1, 0.15) is 0 Å². The third kappa shape index (κ3) is 4.65. The summed E-state index contributed by atoms with van der Waals surface area (Å²) in [5, 5.41) is 0. The van der Waals surface area contributed by atoms with Crippen LogP contribution in [-0.4, -0.2) is 0 Å². The fourth-order valence-corrected chi connectivity index (χ4v) is 5.31. The van der Waals surface area contributed by atoms with Gasteiger partial charge in [-0.25, -0.2) is 0 Å². The first-order valence-corrected chi connectivity index (χ1v) is 11.4. The molecule has 0 bridgehead atoms. The van der Waals surface area contributed by atoms with Crippen molar-refractivity contribution < 1.29 is 2.85 Å². The van der Waals surface area contributed by atoms with Crippen molar-refractivity contribution >= 4 is 0 Å². The summed E-state index contributed by atoms with van der Waals surface area (Å²) in [6.07, 6.45) is 12.5. The highest BCUT2D eigenvalue weighted by Crippen LogP contribution is 2.37. The van der Waals surface area contributed by atoms with Crippen molar-refractivity contribution in [2.24, 2.45) is 11.8 Å². The van der Waals surface area contributed by atoms with Crippen LogP contribution >= 0.6 is 0 Å².